The van der Waals surface area contributed by atoms with E-state index < -0.39 is 0 Å². The molecule has 3 nitrogen and oxygen atoms in total. The molecule has 0 amide bonds. The van der Waals surface area contributed by atoms with Crippen molar-refractivity contribution in [3.05, 3.63) is 0 Å². The van der Waals surface area contributed by atoms with Crippen LogP contribution in [0.25, 0.3) is 0 Å². The molecule has 8 heavy (non-hydrogen) atoms. The number of nitrogens with zero attached hydrogens (tertiary/aromatic N) is 3. The Morgan fingerprint density at radius 3 is 2.50 bits per heavy atom. The van der Waals surface area contributed by atoms with Crippen molar-refractivity contribution < 1.29 is 0 Å². The predicted octanol–water partition coefficient (Wildman–Crippen LogP) is -0.130. The van der Waals surface area contributed by atoms with Gasteiger partial charge in [-0.25, -0.2) is 0 Å². The summed E-state index contributed by atoms with van der Waals surface area (Å²) in [5, 5.41) is 3.90. The normalized spacial score (nSPS) is 17.5. The number of amidine groups is 1. The average Bonchev–Trinajstić information content (AvgIpc) is 2.12. The monoisotopic (exact) mass is 112 g/mol. The zero-order valence-electron chi connectivity index (χ0n) is 5.26. The highest BCUT2D eigenvalue weighted by molar-refractivity contribution is 5.82. The van der Waals surface area contributed by atoms with Gasteiger partial charge in [-0.2, -0.15) is 5.43 Å². The summed E-state index contributed by atoms with van der Waals surface area (Å²) in [6, 6.07) is 0. The molecule has 3 heteroatoms. The van der Waals surface area contributed by atoms with Gasteiger partial charge in [0.1, 0.15) is 5.84 Å². The van der Waals surface area contributed by atoms with Crippen molar-refractivity contribution in [3.8, 4) is 0 Å². The molecule has 0 atom stereocenters. The van der Waals surface area contributed by atoms with Crippen LogP contribution in [-0.2, 0) is 0 Å². The van der Waals surface area contributed by atoms with Crippen molar-refractivity contribution in [1.82, 2.24) is 10.3 Å². The van der Waals surface area contributed by atoms with E-state index in [0.717, 1.165) is 18.8 Å². The molecule has 1 radical (unpaired) electrons. The van der Waals surface area contributed by atoms with E-state index in [-0.39, 0.29) is 0 Å². The van der Waals surface area contributed by atoms with Crippen LogP contribution in [0.5, 0.6) is 0 Å². The molecule has 1 aliphatic heterocycles. The second-order valence-corrected chi connectivity index (χ2v) is 2.03. The highest BCUT2D eigenvalue weighted by Gasteiger charge is 2.07. The van der Waals surface area contributed by atoms with Gasteiger partial charge in [0.2, 0.25) is 0 Å². The molecule has 0 aliphatic carbocycles. The second-order valence-electron chi connectivity index (χ2n) is 2.03. The van der Waals surface area contributed by atoms with Gasteiger partial charge in [0.05, 0.1) is 6.54 Å². The Balaban J connectivity index is 2.45. The van der Waals surface area contributed by atoms with Crippen LogP contribution >= 0.6 is 0 Å². The van der Waals surface area contributed by atoms with E-state index in [1.54, 1.807) is 0 Å². The summed E-state index contributed by atoms with van der Waals surface area (Å²) < 4.78 is 0. The summed E-state index contributed by atoms with van der Waals surface area (Å²) in [6.07, 6.45) is 1.01. The van der Waals surface area contributed by atoms with Crippen molar-refractivity contribution in [2.24, 2.45) is 5.10 Å². The molecular formula is C5H10N3. The lowest BCUT2D eigenvalue weighted by Crippen LogP contribution is -2.19. The molecule has 0 fully saturated rings. The zero-order valence-corrected chi connectivity index (χ0v) is 5.26. The van der Waals surface area contributed by atoms with Gasteiger partial charge in [-0.05, 0) is 0 Å². The lowest BCUT2D eigenvalue weighted by atomic mass is 10.4. The summed E-state index contributed by atoms with van der Waals surface area (Å²) >= 11 is 0. The highest BCUT2D eigenvalue weighted by atomic mass is 15.4. The van der Waals surface area contributed by atoms with Crippen LogP contribution in [0.4, 0.5) is 0 Å². The molecule has 0 N–H and O–H groups in total. The van der Waals surface area contributed by atoms with E-state index in [2.05, 4.69) is 10.5 Å². The average molecular weight is 112 g/mol. The molecule has 0 aromatic heterocycles. The van der Waals surface area contributed by atoms with Crippen molar-refractivity contribution in [2.75, 3.05) is 20.6 Å². The maximum atomic E-state index is 3.90. The van der Waals surface area contributed by atoms with E-state index in [4.69, 9.17) is 0 Å². The van der Waals surface area contributed by atoms with Gasteiger partial charge in [0.25, 0.3) is 0 Å². The van der Waals surface area contributed by atoms with Crippen LogP contribution in [0.1, 0.15) is 6.42 Å². The van der Waals surface area contributed by atoms with Crippen molar-refractivity contribution in [1.29, 1.82) is 0 Å². The molecular weight excluding hydrogens is 102 g/mol. The largest absolute Gasteiger partial charge is 0.365 e. The molecule has 0 saturated carbocycles. The molecule has 0 bridgehead atoms. The molecule has 1 rings (SSSR count). The van der Waals surface area contributed by atoms with Crippen molar-refractivity contribution >= 4 is 5.84 Å². The van der Waals surface area contributed by atoms with Gasteiger partial charge >= 0.3 is 0 Å². The lowest BCUT2D eigenvalue weighted by molar-refractivity contribution is 0.612. The topological polar surface area (TPSA) is 29.7 Å². The first-order valence-corrected chi connectivity index (χ1v) is 2.71. The van der Waals surface area contributed by atoms with E-state index in [1.165, 1.54) is 0 Å². The molecule has 0 spiro atoms. The fourth-order valence-corrected chi connectivity index (χ4v) is 0.645. The fraction of sp³-hybridized carbons (Fsp3) is 0.800. The van der Waals surface area contributed by atoms with E-state index in [9.17, 15) is 0 Å². The summed E-state index contributed by atoms with van der Waals surface area (Å²) in [5.41, 5.74) is 3.83. The molecule has 0 aromatic rings. The minimum Gasteiger partial charge on any atom is -0.365 e. The Hall–Kier alpha value is -0.730. The number of hydrogen-bond acceptors (Lipinski definition) is 2. The van der Waals surface area contributed by atoms with Crippen LogP contribution < -0.4 is 5.43 Å². The third-order valence-corrected chi connectivity index (χ3v) is 1.14. The van der Waals surface area contributed by atoms with Crippen molar-refractivity contribution in [3.63, 3.8) is 0 Å². The van der Waals surface area contributed by atoms with E-state index in [1.807, 2.05) is 19.0 Å². The van der Waals surface area contributed by atoms with Gasteiger partial charge in [0.15, 0.2) is 0 Å². The van der Waals surface area contributed by atoms with Crippen LogP contribution in [0.3, 0.4) is 0 Å². The maximum absolute atomic E-state index is 3.90. The van der Waals surface area contributed by atoms with Gasteiger partial charge in [0, 0.05) is 20.5 Å². The van der Waals surface area contributed by atoms with Crippen LogP contribution in [0, 0.1) is 0 Å². The summed E-state index contributed by atoms with van der Waals surface area (Å²) in [7, 11) is 3.97. The minimum atomic E-state index is 0.869. The highest BCUT2D eigenvalue weighted by Crippen LogP contribution is 1.95. The molecule has 45 valence electrons. The van der Waals surface area contributed by atoms with Crippen LogP contribution in [0.15, 0.2) is 5.10 Å². The fourth-order valence-electron chi connectivity index (χ4n) is 0.645. The molecule has 0 saturated heterocycles. The van der Waals surface area contributed by atoms with Gasteiger partial charge in [-0.1, -0.05) is 0 Å². The first-order chi connectivity index (χ1) is 3.80. The van der Waals surface area contributed by atoms with Gasteiger partial charge in [-0.15, -0.1) is 5.10 Å². The molecule has 0 unspecified atom stereocenters. The maximum Gasteiger partial charge on any atom is 0.128 e. The molecule has 1 heterocycles. The van der Waals surface area contributed by atoms with Gasteiger partial charge < -0.3 is 4.90 Å². The van der Waals surface area contributed by atoms with Crippen molar-refractivity contribution in [2.45, 2.75) is 6.42 Å². The Morgan fingerprint density at radius 2 is 2.25 bits per heavy atom. The summed E-state index contributed by atoms with van der Waals surface area (Å²) in [5.74, 6) is 1.09. The first-order valence-electron chi connectivity index (χ1n) is 2.71. The lowest BCUT2D eigenvalue weighted by Gasteiger charge is -2.08. The van der Waals surface area contributed by atoms with E-state index in [0.29, 0.717) is 0 Å². The second kappa shape index (κ2) is 2.03. The van der Waals surface area contributed by atoms with Crippen LogP contribution in [0.2, 0.25) is 0 Å². The Kier molecular flexibility index (Phi) is 1.37. The Labute approximate surface area is 49.4 Å². The third-order valence-electron chi connectivity index (χ3n) is 1.14. The number of rotatable bonds is 0. The Morgan fingerprint density at radius 1 is 1.50 bits per heavy atom. The first kappa shape index (κ1) is 5.41. The molecule has 0 aromatic carbocycles. The van der Waals surface area contributed by atoms with Crippen LogP contribution in [-0.4, -0.2) is 31.4 Å². The predicted molar refractivity (Wildman–Crippen MR) is 32.7 cm³/mol. The Bertz CT molecular complexity index is 106. The molecule has 1 aliphatic rings. The summed E-state index contributed by atoms with van der Waals surface area (Å²) in [4.78, 5) is 2.00. The quantitative estimate of drug-likeness (QED) is 0.429. The standard InChI is InChI=1S/C5H10N3/c1-8(2)5-3-4-6-7-5/h3-4H2,1-2H3. The third kappa shape index (κ3) is 0.911. The van der Waals surface area contributed by atoms with Gasteiger partial charge in [-0.3, -0.25) is 0 Å². The SMILES string of the molecule is CN(C)C1=N[N]CC1. The number of hydrogen-bond donors (Lipinski definition) is 0. The summed E-state index contributed by atoms with van der Waals surface area (Å²) in [6.45, 7) is 0.869. The van der Waals surface area contributed by atoms with E-state index >= 15 is 0 Å². The smallest absolute Gasteiger partial charge is 0.128 e. The zero-order chi connectivity index (χ0) is 5.98. The minimum absolute atomic E-state index is 0.869.